The summed E-state index contributed by atoms with van der Waals surface area (Å²) in [7, 11) is 0. The second kappa shape index (κ2) is 5.41. The van der Waals surface area contributed by atoms with E-state index in [9.17, 15) is 5.26 Å². The highest BCUT2D eigenvalue weighted by Gasteiger charge is 2.26. The number of anilines is 1. The van der Waals surface area contributed by atoms with Crippen molar-refractivity contribution in [2.75, 3.05) is 18.0 Å². The fourth-order valence-corrected chi connectivity index (χ4v) is 3.30. The van der Waals surface area contributed by atoms with Crippen molar-refractivity contribution in [1.29, 1.82) is 5.26 Å². The number of hydrogen-bond donors (Lipinski definition) is 0. The SMILES string of the molecule is CC1CN(c2nc3c(cc2C#N)CCCC3)CC(C)O1. The number of nitriles is 1. The third kappa shape index (κ3) is 2.51. The number of aromatic nitrogens is 1. The first-order chi connectivity index (χ1) is 9.67. The highest BCUT2D eigenvalue weighted by Crippen LogP contribution is 2.28. The molecule has 0 bridgehead atoms. The second-order valence-corrected chi connectivity index (χ2v) is 5.95. The van der Waals surface area contributed by atoms with Crippen LogP contribution in [-0.2, 0) is 17.6 Å². The molecule has 0 N–H and O–H groups in total. The predicted octanol–water partition coefficient (Wildman–Crippen LogP) is 2.45. The van der Waals surface area contributed by atoms with Crippen LogP contribution in [0.4, 0.5) is 5.82 Å². The molecule has 2 aliphatic rings. The van der Waals surface area contributed by atoms with E-state index in [4.69, 9.17) is 9.72 Å². The van der Waals surface area contributed by atoms with E-state index >= 15 is 0 Å². The van der Waals surface area contributed by atoms with Gasteiger partial charge in [0, 0.05) is 18.8 Å². The molecule has 2 heterocycles. The average Bonchev–Trinajstić information content (AvgIpc) is 2.44. The van der Waals surface area contributed by atoms with Gasteiger partial charge in [0.25, 0.3) is 0 Å². The van der Waals surface area contributed by atoms with Crippen LogP contribution in [0.25, 0.3) is 0 Å². The van der Waals surface area contributed by atoms with E-state index in [1.807, 2.05) is 0 Å². The molecule has 4 heteroatoms. The van der Waals surface area contributed by atoms with Gasteiger partial charge in [0.1, 0.15) is 11.9 Å². The van der Waals surface area contributed by atoms with Crippen molar-refractivity contribution in [2.24, 2.45) is 0 Å². The minimum absolute atomic E-state index is 0.183. The molecular formula is C16H21N3O. The molecule has 4 nitrogen and oxygen atoms in total. The van der Waals surface area contributed by atoms with Crippen LogP contribution in [0, 0.1) is 11.3 Å². The summed E-state index contributed by atoms with van der Waals surface area (Å²) in [4.78, 5) is 7.04. The smallest absolute Gasteiger partial charge is 0.147 e. The zero-order chi connectivity index (χ0) is 14.1. The van der Waals surface area contributed by atoms with Crippen LogP contribution < -0.4 is 4.90 Å². The maximum Gasteiger partial charge on any atom is 0.147 e. The highest BCUT2D eigenvalue weighted by atomic mass is 16.5. The molecule has 1 aromatic rings. The summed E-state index contributed by atoms with van der Waals surface area (Å²) < 4.78 is 5.77. The molecule has 0 amide bonds. The van der Waals surface area contributed by atoms with Crippen molar-refractivity contribution < 1.29 is 4.74 Å². The van der Waals surface area contributed by atoms with Gasteiger partial charge in [-0.25, -0.2) is 4.98 Å². The molecule has 1 aromatic heterocycles. The molecule has 0 saturated carbocycles. The number of nitrogens with zero attached hydrogens (tertiary/aromatic N) is 3. The fraction of sp³-hybridized carbons (Fsp3) is 0.625. The number of fused-ring (bicyclic) bond motifs is 1. The molecule has 20 heavy (non-hydrogen) atoms. The summed E-state index contributed by atoms with van der Waals surface area (Å²) in [5.41, 5.74) is 3.18. The van der Waals surface area contributed by atoms with Crippen LogP contribution in [0.15, 0.2) is 6.07 Å². The standard InChI is InChI=1S/C16H21N3O/c1-11-9-19(10-12(2)20-11)16-14(8-17)7-13-5-3-4-6-15(13)18-16/h7,11-12H,3-6,9-10H2,1-2H3. The van der Waals surface area contributed by atoms with Crippen molar-refractivity contribution >= 4 is 5.82 Å². The quantitative estimate of drug-likeness (QED) is 0.787. The van der Waals surface area contributed by atoms with Gasteiger partial charge < -0.3 is 9.64 Å². The van der Waals surface area contributed by atoms with Crippen molar-refractivity contribution in [3.63, 3.8) is 0 Å². The Morgan fingerprint density at radius 3 is 2.65 bits per heavy atom. The Morgan fingerprint density at radius 2 is 1.95 bits per heavy atom. The van der Waals surface area contributed by atoms with E-state index in [1.54, 1.807) is 0 Å². The topological polar surface area (TPSA) is 49.2 Å². The Bertz CT molecular complexity index is 539. The van der Waals surface area contributed by atoms with Gasteiger partial charge in [0.15, 0.2) is 0 Å². The maximum atomic E-state index is 9.43. The first-order valence-electron chi connectivity index (χ1n) is 7.50. The summed E-state index contributed by atoms with van der Waals surface area (Å²) in [6.45, 7) is 5.77. The Balaban J connectivity index is 1.97. The summed E-state index contributed by atoms with van der Waals surface area (Å²) in [5, 5.41) is 9.43. The second-order valence-electron chi connectivity index (χ2n) is 5.95. The lowest BCUT2D eigenvalue weighted by atomic mass is 9.94. The van der Waals surface area contributed by atoms with E-state index < -0.39 is 0 Å². The van der Waals surface area contributed by atoms with Gasteiger partial charge in [0.2, 0.25) is 0 Å². The van der Waals surface area contributed by atoms with Gasteiger partial charge in [-0.2, -0.15) is 5.26 Å². The molecule has 0 aromatic carbocycles. The van der Waals surface area contributed by atoms with E-state index in [1.165, 1.54) is 24.1 Å². The van der Waals surface area contributed by atoms with Crippen molar-refractivity contribution in [1.82, 2.24) is 4.98 Å². The van der Waals surface area contributed by atoms with Gasteiger partial charge in [-0.15, -0.1) is 0 Å². The normalized spacial score (nSPS) is 25.9. The lowest BCUT2D eigenvalue weighted by molar-refractivity contribution is -0.00548. The summed E-state index contributed by atoms with van der Waals surface area (Å²) in [6.07, 6.45) is 4.90. The maximum absolute atomic E-state index is 9.43. The number of ether oxygens (including phenoxy) is 1. The lowest BCUT2D eigenvalue weighted by Crippen LogP contribution is -2.46. The first kappa shape index (κ1) is 13.4. The molecule has 1 saturated heterocycles. The van der Waals surface area contributed by atoms with Gasteiger partial charge in [-0.1, -0.05) is 0 Å². The van der Waals surface area contributed by atoms with Gasteiger partial charge in [-0.3, -0.25) is 0 Å². The molecule has 2 unspecified atom stereocenters. The van der Waals surface area contributed by atoms with Crippen molar-refractivity contribution in [3.8, 4) is 6.07 Å². The lowest BCUT2D eigenvalue weighted by Gasteiger charge is -2.36. The summed E-state index contributed by atoms with van der Waals surface area (Å²) in [6, 6.07) is 4.38. The highest BCUT2D eigenvalue weighted by molar-refractivity contribution is 5.57. The fourth-order valence-electron chi connectivity index (χ4n) is 3.30. The van der Waals surface area contributed by atoms with E-state index in [2.05, 4.69) is 30.9 Å². The molecule has 1 aliphatic carbocycles. The van der Waals surface area contributed by atoms with Crippen LogP contribution in [0.1, 0.15) is 43.5 Å². The Morgan fingerprint density at radius 1 is 1.25 bits per heavy atom. The molecule has 0 spiro atoms. The van der Waals surface area contributed by atoms with E-state index in [0.29, 0.717) is 5.56 Å². The first-order valence-corrected chi connectivity index (χ1v) is 7.50. The minimum Gasteiger partial charge on any atom is -0.372 e. The Hall–Kier alpha value is -1.60. The zero-order valence-corrected chi connectivity index (χ0v) is 12.2. The summed E-state index contributed by atoms with van der Waals surface area (Å²) in [5.74, 6) is 0.857. The molecule has 3 rings (SSSR count). The predicted molar refractivity (Wildman–Crippen MR) is 77.8 cm³/mol. The number of hydrogen-bond acceptors (Lipinski definition) is 4. The van der Waals surface area contributed by atoms with Crippen molar-refractivity contribution in [2.45, 2.75) is 51.7 Å². The van der Waals surface area contributed by atoms with Crippen LogP contribution in [-0.4, -0.2) is 30.3 Å². The molecule has 1 fully saturated rings. The van der Waals surface area contributed by atoms with Crippen LogP contribution in [0.3, 0.4) is 0 Å². The van der Waals surface area contributed by atoms with E-state index in [-0.39, 0.29) is 12.2 Å². The van der Waals surface area contributed by atoms with Gasteiger partial charge >= 0.3 is 0 Å². The third-order valence-electron chi connectivity index (χ3n) is 4.12. The van der Waals surface area contributed by atoms with Crippen LogP contribution in [0.5, 0.6) is 0 Å². The van der Waals surface area contributed by atoms with E-state index in [0.717, 1.165) is 31.7 Å². The number of aryl methyl sites for hydroxylation is 2. The number of pyridine rings is 1. The van der Waals surface area contributed by atoms with Gasteiger partial charge in [0.05, 0.1) is 17.8 Å². The van der Waals surface area contributed by atoms with Crippen LogP contribution >= 0.6 is 0 Å². The molecule has 1 aliphatic heterocycles. The van der Waals surface area contributed by atoms with Crippen molar-refractivity contribution in [3.05, 3.63) is 22.9 Å². The molecule has 2 atom stereocenters. The average molecular weight is 271 g/mol. The molecular weight excluding hydrogens is 250 g/mol. The Kier molecular flexibility index (Phi) is 3.62. The number of morpholine rings is 1. The zero-order valence-electron chi connectivity index (χ0n) is 12.2. The van der Waals surface area contributed by atoms with Crippen LogP contribution in [0.2, 0.25) is 0 Å². The molecule has 106 valence electrons. The summed E-state index contributed by atoms with van der Waals surface area (Å²) >= 11 is 0. The van der Waals surface area contributed by atoms with Gasteiger partial charge in [-0.05, 0) is 51.2 Å². The number of rotatable bonds is 1. The largest absolute Gasteiger partial charge is 0.372 e. The minimum atomic E-state index is 0.183. The Labute approximate surface area is 120 Å². The molecule has 0 radical (unpaired) electrons. The monoisotopic (exact) mass is 271 g/mol. The third-order valence-corrected chi connectivity index (χ3v) is 4.12.